The third kappa shape index (κ3) is 5.81. The predicted octanol–water partition coefficient (Wildman–Crippen LogP) is 0.551. The molecule has 0 radical (unpaired) electrons. The Labute approximate surface area is 105 Å². The van der Waals surface area contributed by atoms with Crippen LogP contribution >= 0.6 is 0 Å². The van der Waals surface area contributed by atoms with Crippen molar-refractivity contribution in [2.24, 2.45) is 5.92 Å². The van der Waals surface area contributed by atoms with Gasteiger partial charge < -0.3 is 5.32 Å². The number of hydrogen-bond acceptors (Lipinski definition) is 3. The van der Waals surface area contributed by atoms with Crippen molar-refractivity contribution in [3.63, 3.8) is 0 Å². The van der Waals surface area contributed by atoms with Gasteiger partial charge in [0.15, 0.2) is 0 Å². The van der Waals surface area contributed by atoms with Gasteiger partial charge >= 0.3 is 0 Å². The summed E-state index contributed by atoms with van der Waals surface area (Å²) in [4.78, 5) is 0. The quantitative estimate of drug-likeness (QED) is 0.597. The van der Waals surface area contributed by atoms with Gasteiger partial charge in [0, 0.05) is 19.6 Å². The van der Waals surface area contributed by atoms with Crippen LogP contribution in [0.4, 0.5) is 0 Å². The average molecular weight is 263 g/mol. The molecule has 6 heteroatoms. The molecule has 0 aliphatic heterocycles. The monoisotopic (exact) mass is 263 g/mol. The van der Waals surface area contributed by atoms with E-state index in [1.165, 1.54) is 17.1 Å². The molecule has 0 heterocycles. The van der Waals surface area contributed by atoms with E-state index in [0.29, 0.717) is 6.54 Å². The smallest absolute Gasteiger partial charge is 0.279 e. The Balaban J connectivity index is 2.31. The highest BCUT2D eigenvalue weighted by molar-refractivity contribution is 7.87. The molecule has 1 fully saturated rings. The Bertz CT molecular complexity index is 315. The molecule has 0 aromatic rings. The molecule has 0 bridgehead atoms. The van der Waals surface area contributed by atoms with Crippen LogP contribution in [-0.2, 0) is 10.2 Å². The fourth-order valence-corrected chi connectivity index (χ4v) is 3.00. The van der Waals surface area contributed by atoms with Crippen LogP contribution in [0.25, 0.3) is 0 Å². The van der Waals surface area contributed by atoms with Gasteiger partial charge in [-0.1, -0.05) is 12.8 Å². The van der Waals surface area contributed by atoms with Crippen molar-refractivity contribution in [2.45, 2.75) is 38.6 Å². The second-order valence-corrected chi connectivity index (χ2v) is 6.79. The zero-order valence-electron chi connectivity index (χ0n) is 11.1. The highest BCUT2D eigenvalue weighted by atomic mass is 32.2. The SMILES string of the molecule is CNCCCN(C)S(=O)(=O)NC(C)CC1CC1. The molecule has 1 aliphatic rings. The van der Waals surface area contributed by atoms with Crippen LogP contribution in [0.3, 0.4) is 0 Å². The molecule has 0 amide bonds. The van der Waals surface area contributed by atoms with Crippen molar-refractivity contribution in [3.05, 3.63) is 0 Å². The summed E-state index contributed by atoms with van der Waals surface area (Å²) in [5.74, 6) is 0.738. The highest BCUT2D eigenvalue weighted by Crippen LogP contribution is 2.33. The Morgan fingerprint density at radius 2 is 2.06 bits per heavy atom. The summed E-state index contributed by atoms with van der Waals surface area (Å²) in [6.07, 6.45) is 4.29. The van der Waals surface area contributed by atoms with Gasteiger partial charge in [0.25, 0.3) is 10.2 Å². The molecule has 0 spiro atoms. The Morgan fingerprint density at radius 1 is 1.41 bits per heavy atom. The Hall–Kier alpha value is -0.170. The van der Waals surface area contributed by atoms with Crippen molar-refractivity contribution < 1.29 is 8.42 Å². The first-order valence-corrected chi connectivity index (χ1v) is 7.78. The first kappa shape index (κ1) is 14.9. The Kier molecular flexibility index (Phi) is 5.85. The molecular formula is C11H25N3O2S. The lowest BCUT2D eigenvalue weighted by molar-refractivity contribution is 0.434. The van der Waals surface area contributed by atoms with Crippen LogP contribution in [0, 0.1) is 5.92 Å². The van der Waals surface area contributed by atoms with E-state index in [9.17, 15) is 8.42 Å². The number of nitrogens with one attached hydrogen (secondary N) is 2. The maximum Gasteiger partial charge on any atom is 0.279 e. The van der Waals surface area contributed by atoms with Gasteiger partial charge in [0.1, 0.15) is 0 Å². The lowest BCUT2D eigenvalue weighted by atomic mass is 10.2. The largest absolute Gasteiger partial charge is 0.320 e. The first-order valence-electron chi connectivity index (χ1n) is 6.34. The first-order chi connectivity index (χ1) is 7.95. The van der Waals surface area contributed by atoms with E-state index in [1.54, 1.807) is 7.05 Å². The van der Waals surface area contributed by atoms with Crippen LogP contribution in [0.2, 0.25) is 0 Å². The van der Waals surface area contributed by atoms with Crippen LogP contribution in [0.1, 0.15) is 32.6 Å². The second kappa shape index (κ2) is 6.68. The second-order valence-electron chi connectivity index (χ2n) is 4.98. The maximum atomic E-state index is 11.9. The molecule has 1 atom stereocenters. The molecular weight excluding hydrogens is 238 g/mol. The van der Waals surface area contributed by atoms with Crippen molar-refractivity contribution in [3.8, 4) is 0 Å². The molecule has 1 rings (SSSR count). The van der Waals surface area contributed by atoms with Crippen molar-refractivity contribution in [2.75, 3.05) is 27.2 Å². The molecule has 0 saturated heterocycles. The normalized spacial score (nSPS) is 18.6. The highest BCUT2D eigenvalue weighted by Gasteiger charge is 2.26. The zero-order chi connectivity index (χ0) is 12.9. The molecule has 5 nitrogen and oxygen atoms in total. The summed E-state index contributed by atoms with van der Waals surface area (Å²) in [6, 6.07) is 0.0410. The third-order valence-electron chi connectivity index (χ3n) is 3.04. The van der Waals surface area contributed by atoms with E-state index in [0.717, 1.165) is 25.3 Å². The fraction of sp³-hybridized carbons (Fsp3) is 1.00. The minimum absolute atomic E-state index is 0.0410. The molecule has 1 aliphatic carbocycles. The van der Waals surface area contributed by atoms with E-state index < -0.39 is 10.2 Å². The van der Waals surface area contributed by atoms with Gasteiger partial charge in [0.2, 0.25) is 0 Å². The van der Waals surface area contributed by atoms with E-state index in [-0.39, 0.29) is 6.04 Å². The van der Waals surface area contributed by atoms with Gasteiger partial charge in [-0.15, -0.1) is 0 Å². The summed E-state index contributed by atoms with van der Waals surface area (Å²) >= 11 is 0. The average Bonchev–Trinajstić information content (AvgIpc) is 3.00. The van der Waals surface area contributed by atoms with Crippen LogP contribution in [-0.4, -0.2) is 45.9 Å². The summed E-state index contributed by atoms with van der Waals surface area (Å²) in [7, 11) is 0.190. The van der Waals surface area contributed by atoms with Gasteiger partial charge in [-0.2, -0.15) is 17.4 Å². The molecule has 1 unspecified atom stereocenters. The summed E-state index contributed by atoms with van der Waals surface area (Å²) in [5.41, 5.74) is 0. The van der Waals surface area contributed by atoms with Gasteiger partial charge in [-0.05, 0) is 39.3 Å². The number of nitrogens with zero attached hydrogens (tertiary/aromatic N) is 1. The molecule has 0 aromatic carbocycles. The van der Waals surface area contributed by atoms with Gasteiger partial charge in [-0.3, -0.25) is 0 Å². The maximum absolute atomic E-state index is 11.9. The number of rotatable bonds is 9. The molecule has 1 saturated carbocycles. The van der Waals surface area contributed by atoms with E-state index >= 15 is 0 Å². The van der Waals surface area contributed by atoms with Gasteiger partial charge in [-0.25, -0.2) is 0 Å². The minimum atomic E-state index is -3.30. The standard InChI is InChI=1S/C11H25N3O2S/c1-10(9-11-5-6-11)13-17(15,16)14(3)8-4-7-12-2/h10-13H,4-9H2,1-3H3. The van der Waals surface area contributed by atoms with Crippen molar-refractivity contribution in [1.29, 1.82) is 0 Å². The third-order valence-corrected chi connectivity index (χ3v) is 4.75. The van der Waals surface area contributed by atoms with Crippen LogP contribution < -0.4 is 10.0 Å². The molecule has 0 aromatic heterocycles. The van der Waals surface area contributed by atoms with Crippen LogP contribution in [0.5, 0.6) is 0 Å². The molecule has 17 heavy (non-hydrogen) atoms. The van der Waals surface area contributed by atoms with Crippen molar-refractivity contribution >= 4 is 10.2 Å². The topological polar surface area (TPSA) is 61.4 Å². The Morgan fingerprint density at radius 3 is 2.59 bits per heavy atom. The molecule has 102 valence electrons. The van der Waals surface area contributed by atoms with E-state index in [2.05, 4.69) is 10.0 Å². The molecule has 2 N–H and O–H groups in total. The van der Waals surface area contributed by atoms with E-state index in [4.69, 9.17) is 0 Å². The summed E-state index contributed by atoms with van der Waals surface area (Å²) in [5, 5.41) is 3.01. The summed E-state index contributed by atoms with van der Waals surface area (Å²) in [6.45, 7) is 3.32. The minimum Gasteiger partial charge on any atom is -0.320 e. The number of hydrogen-bond donors (Lipinski definition) is 2. The lowest BCUT2D eigenvalue weighted by Crippen LogP contribution is -2.43. The van der Waals surface area contributed by atoms with Crippen LogP contribution in [0.15, 0.2) is 0 Å². The lowest BCUT2D eigenvalue weighted by Gasteiger charge is -2.21. The summed E-state index contributed by atoms with van der Waals surface area (Å²) < 4.78 is 28.0. The predicted molar refractivity (Wildman–Crippen MR) is 70.0 cm³/mol. The van der Waals surface area contributed by atoms with Crippen molar-refractivity contribution in [1.82, 2.24) is 14.3 Å². The fourth-order valence-electron chi connectivity index (χ4n) is 1.84. The zero-order valence-corrected chi connectivity index (χ0v) is 11.9. The van der Waals surface area contributed by atoms with E-state index in [1.807, 2.05) is 14.0 Å². The van der Waals surface area contributed by atoms with Gasteiger partial charge in [0.05, 0.1) is 0 Å².